The number of fused-ring (bicyclic) bond motifs is 1. The van der Waals surface area contributed by atoms with E-state index in [2.05, 4.69) is 26.3 Å². The van der Waals surface area contributed by atoms with Gasteiger partial charge in [0.1, 0.15) is 28.7 Å². The third-order valence-electron chi connectivity index (χ3n) is 6.19. The smallest absolute Gasteiger partial charge is 0.300 e. The summed E-state index contributed by atoms with van der Waals surface area (Å²) in [6, 6.07) is 8.36. The third kappa shape index (κ3) is 6.73. The number of rotatable bonds is 11. The average Bonchev–Trinajstić information content (AvgIpc) is 2.95. The van der Waals surface area contributed by atoms with Crippen LogP contribution in [0.3, 0.4) is 0 Å². The van der Waals surface area contributed by atoms with Crippen LogP contribution in [-0.4, -0.2) is 76.0 Å². The van der Waals surface area contributed by atoms with Crippen molar-refractivity contribution < 1.29 is 27.0 Å². The molecule has 0 saturated carbocycles. The fourth-order valence-electron chi connectivity index (χ4n) is 4.06. The van der Waals surface area contributed by atoms with Crippen molar-refractivity contribution in [3.63, 3.8) is 0 Å². The van der Waals surface area contributed by atoms with Crippen LogP contribution in [0.25, 0.3) is 11.2 Å². The monoisotopic (exact) mass is 571 g/mol. The average molecular weight is 572 g/mol. The predicted molar refractivity (Wildman–Crippen MR) is 148 cm³/mol. The van der Waals surface area contributed by atoms with E-state index in [1.807, 2.05) is 0 Å². The summed E-state index contributed by atoms with van der Waals surface area (Å²) in [5, 5.41) is 0. The van der Waals surface area contributed by atoms with Gasteiger partial charge >= 0.3 is 0 Å². The number of halogens is 1. The summed E-state index contributed by atoms with van der Waals surface area (Å²) in [5.74, 6) is -0.930. The highest BCUT2D eigenvalue weighted by atomic mass is 32.2. The van der Waals surface area contributed by atoms with Crippen LogP contribution >= 0.6 is 0 Å². The summed E-state index contributed by atoms with van der Waals surface area (Å²) < 4.78 is 60.1. The van der Waals surface area contributed by atoms with E-state index in [-0.39, 0.29) is 22.9 Å². The zero-order valence-electron chi connectivity index (χ0n) is 22.2. The van der Waals surface area contributed by atoms with Gasteiger partial charge in [-0.2, -0.15) is 0 Å². The van der Waals surface area contributed by atoms with E-state index >= 15 is 0 Å². The minimum absolute atomic E-state index is 0.0796. The second-order valence-corrected chi connectivity index (χ2v) is 10.5. The van der Waals surface area contributed by atoms with Crippen LogP contribution in [0.5, 0.6) is 5.75 Å². The highest BCUT2D eigenvalue weighted by molar-refractivity contribution is 7.89. The maximum absolute atomic E-state index is 14.2. The Kier molecular flexibility index (Phi) is 9.30. The molecule has 1 N–H and O–H groups in total. The SMILES string of the molecule is C=N/C(OC)=C(\C=C(/C)c1ccc2ncc(OCCN3CCOCC3)c(=O)n2c1)NS(=O)(=O)c1ccccc1F. The number of benzene rings is 1. The molecule has 0 aliphatic carbocycles. The number of methoxy groups -OCH3 is 1. The summed E-state index contributed by atoms with van der Waals surface area (Å²) in [6.45, 7) is 9.08. The van der Waals surface area contributed by atoms with Gasteiger partial charge in [0.25, 0.3) is 15.6 Å². The number of aliphatic imine (C=N–C) groups is 1. The first-order chi connectivity index (χ1) is 19.2. The Balaban J connectivity index is 1.62. The number of nitrogens with zero attached hydrogens (tertiary/aromatic N) is 4. The number of hydrogen-bond acceptors (Lipinski definition) is 9. The van der Waals surface area contributed by atoms with Crippen molar-refractivity contribution in [2.45, 2.75) is 11.8 Å². The van der Waals surface area contributed by atoms with Gasteiger partial charge in [-0.1, -0.05) is 12.1 Å². The van der Waals surface area contributed by atoms with Gasteiger partial charge in [0.2, 0.25) is 11.6 Å². The molecule has 1 aliphatic rings. The van der Waals surface area contributed by atoms with Gasteiger partial charge in [-0.15, -0.1) is 0 Å². The molecule has 1 saturated heterocycles. The number of allylic oxidation sites excluding steroid dienone is 2. The van der Waals surface area contributed by atoms with Crippen LogP contribution in [0, 0.1) is 5.82 Å². The first-order valence-electron chi connectivity index (χ1n) is 12.4. The van der Waals surface area contributed by atoms with Gasteiger partial charge in [-0.25, -0.2) is 22.8 Å². The van der Waals surface area contributed by atoms with Crippen LogP contribution < -0.4 is 15.0 Å². The van der Waals surface area contributed by atoms with Crippen molar-refractivity contribution in [3.8, 4) is 5.75 Å². The normalized spacial score (nSPS) is 15.4. The molecule has 0 bridgehead atoms. The Morgan fingerprint density at radius 1 is 1.25 bits per heavy atom. The second-order valence-electron chi connectivity index (χ2n) is 8.82. The summed E-state index contributed by atoms with van der Waals surface area (Å²) in [6.07, 6.45) is 4.43. The summed E-state index contributed by atoms with van der Waals surface area (Å²) in [7, 11) is -3.04. The van der Waals surface area contributed by atoms with Crippen LogP contribution in [0.15, 0.2) is 81.1 Å². The van der Waals surface area contributed by atoms with Gasteiger partial charge in [0.15, 0.2) is 0 Å². The molecule has 3 aromatic rings. The molecule has 0 radical (unpaired) electrons. The lowest BCUT2D eigenvalue weighted by Crippen LogP contribution is -2.38. The molecule has 212 valence electrons. The quantitative estimate of drug-likeness (QED) is 0.212. The van der Waals surface area contributed by atoms with Crippen molar-refractivity contribution in [2.75, 3.05) is 46.6 Å². The molecule has 4 rings (SSSR count). The summed E-state index contributed by atoms with van der Waals surface area (Å²) in [5.41, 5.74) is 1.05. The molecule has 3 heterocycles. The van der Waals surface area contributed by atoms with E-state index in [1.54, 1.807) is 25.3 Å². The molecule has 1 fully saturated rings. The molecule has 0 amide bonds. The molecule has 40 heavy (non-hydrogen) atoms. The number of nitrogens with one attached hydrogen (secondary N) is 1. The minimum atomic E-state index is -4.33. The van der Waals surface area contributed by atoms with Crippen molar-refractivity contribution in [1.82, 2.24) is 19.0 Å². The fourth-order valence-corrected chi connectivity index (χ4v) is 5.19. The molecule has 1 aliphatic heterocycles. The van der Waals surface area contributed by atoms with E-state index < -0.39 is 20.7 Å². The Bertz CT molecular complexity index is 1610. The zero-order valence-corrected chi connectivity index (χ0v) is 23.0. The Morgan fingerprint density at radius 3 is 2.70 bits per heavy atom. The van der Waals surface area contributed by atoms with Crippen molar-refractivity contribution in [1.29, 1.82) is 0 Å². The maximum Gasteiger partial charge on any atom is 0.300 e. The van der Waals surface area contributed by atoms with E-state index in [9.17, 15) is 17.6 Å². The Morgan fingerprint density at radius 2 is 2.00 bits per heavy atom. The first-order valence-corrected chi connectivity index (χ1v) is 13.9. The van der Waals surface area contributed by atoms with E-state index in [0.717, 1.165) is 25.2 Å². The molecule has 0 spiro atoms. The topological polar surface area (TPSA) is 124 Å². The van der Waals surface area contributed by atoms with Gasteiger partial charge in [-0.3, -0.25) is 18.8 Å². The second kappa shape index (κ2) is 12.9. The number of morpholine rings is 1. The van der Waals surface area contributed by atoms with Crippen molar-refractivity contribution >= 4 is 28.0 Å². The standard InChI is InChI=1S/C27H30FN5O6S/c1-19(16-22(26(29-2)37-3)31-40(35,36)24-7-5-4-6-21(24)28)20-8-9-25-30-17-23(27(34)33(25)18-20)39-15-12-32-10-13-38-14-11-32/h4-9,16-18,31H,2,10-15H2,1,3H3/b19-16+,26-22-. The molecule has 11 nitrogen and oxygen atoms in total. The molecule has 1 aromatic carbocycles. The molecular weight excluding hydrogens is 541 g/mol. The van der Waals surface area contributed by atoms with Crippen LogP contribution in [0.2, 0.25) is 0 Å². The number of sulfonamides is 1. The zero-order chi connectivity index (χ0) is 28.7. The van der Waals surface area contributed by atoms with E-state index in [1.165, 1.54) is 35.9 Å². The maximum atomic E-state index is 14.2. The van der Waals surface area contributed by atoms with E-state index in [0.29, 0.717) is 43.1 Å². The Hall–Kier alpha value is -4.07. The molecule has 13 heteroatoms. The molecule has 0 unspecified atom stereocenters. The molecular formula is C27H30FN5O6S. The van der Waals surface area contributed by atoms with E-state index in [4.69, 9.17) is 14.2 Å². The lowest BCUT2D eigenvalue weighted by atomic mass is 10.1. The Labute approximate surface area is 231 Å². The van der Waals surface area contributed by atoms with Gasteiger partial charge < -0.3 is 14.2 Å². The predicted octanol–water partition coefficient (Wildman–Crippen LogP) is 2.44. The fraction of sp³-hybridized carbons (Fsp3) is 0.296. The lowest BCUT2D eigenvalue weighted by Gasteiger charge is -2.26. The third-order valence-corrected chi connectivity index (χ3v) is 7.59. The minimum Gasteiger partial charge on any atom is -0.485 e. The first kappa shape index (κ1) is 28.9. The number of ether oxygens (including phenoxy) is 3. The van der Waals surface area contributed by atoms with Gasteiger partial charge in [0, 0.05) is 25.8 Å². The highest BCUT2D eigenvalue weighted by Gasteiger charge is 2.21. The van der Waals surface area contributed by atoms with Gasteiger partial charge in [-0.05, 0) is 55.1 Å². The number of hydrogen-bond donors (Lipinski definition) is 1. The van der Waals surface area contributed by atoms with Crippen molar-refractivity contribution in [2.24, 2.45) is 4.99 Å². The molecule has 2 aromatic heterocycles. The van der Waals surface area contributed by atoms with Crippen molar-refractivity contribution in [3.05, 3.63) is 88.2 Å². The van der Waals surface area contributed by atoms with Gasteiger partial charge in [0.05, 0.1) is 26.5 Å². The van der Waals surface area contributed by atoms with Crippen LogP contribution in [0.1, 0.15) is 12.5 Å². The summed E-state index contributed by atoms with van der Waals surface area (Å²) >= 11 is 0. The molecule has 0 atom stereocenters. The number of pyridine rings is 1. The highest BCUT2D eigenvalue weighted by Crippen LogP contribution is 2.21. The van der Waals surface area contributed by atoms with Crippen LogP contribution in [-0.2, 0) is 19.5 Å². The lowest BCUT2D eigenvalue weighted by molar-refractivity contribution is 0.0321. The largest absolute Gasteiger partial charge is 0.485 e. The summed E-state index contributed by atoms with van der Waals surface area (Å²) in [4.78, 5) is 22.9. The van der Waals surface area contributed by atoms with Crippen LogP contribution in [0.4, 0.5) is 4.39 Å². The number of aromatic nitrogens is 2.